The van der Waals surface area contributed by atoms with Gasteiger partial charge < -0.3 is 0 Å². The minimum Gasteiger partial charge on any atom is -0.273 e. The van der Waals surface area contributed by atoms with Crippen molar-refractivity contribution in [1.82, 2.24) is 19.7 Å². The molecule has 2 aromatic carbocycles. The van der Waals surface area contributed by atoms with Crippen LogP contribution in [0, 0.1) is 0 Å². The maximum absolute atomic E-state index is 4.98. The maximum atomic E-state index is 4.98. The second kappa shape index (κ2) is 6.74. The average Bonchev–Trinajstić information content (AvgIpc) is 3.14. The van der Waals surface area contributed by atoms with Crippen LogP contribution >= 0.6 is 0 Å². The summed E-state index contributed by atoms with van der Waals surface area (Å²) in [6.07, 6.45) is 5.70. The summed E-state index contributed by atoms with van der Waals surface area (Å²) in [4.78, 5) is 9.18. The molecule has 0 aliphatic rings. The fourth-order valence-electron chi connectivity index (χ4n) is 3.66. The lowest BCUT2D eigenvalue weighted by atomic mass is 9.90. The lowest BCUT2D eigenvalue weighted by Gasteiger charge is -2.16. The molecule has 5 rings (SSSR count). The third-order valence-electron chi connectivity index (χ3n) is 4.86. The first-order valence-electron chi connectivity index (χ1n) is 9.20. The molecule has 0 saturated heterocycles. The Hall–Kier alpha value is -3.79. The van der Waals surface area contributed by atoms with Gasteiger partial charge in [-0.05, 0) is 23.3 Å². The third kappa shape index (κ3) is 2.76. The molecule has 5 aromatic rings. The molecule has 3 aromatic heterocycles. The molecule has 0 radical (unpaired) electrons. The van der Waals surface area contributed by atoms with E-state index in [4.69, 9.17) is 4.98 Å². The molecule has 0 N–H and O–H groups in total. The lowest BCUT2D eigenvalue weighted by Crippen LogP contribution is -1.96. The van der Waals surface area contributed by atoms with Crippen LogP contribution < -0.4 is 0 Å². The lowest BCUT2D eigenvalue weighted by molar-refractivity contribution is 0.776. The molecule has 0 aliphatic carbocycles. The second-order valence-electron chi connectivity index (χ2n) is 6.72. The van der Waals surface area contributed by atoms with E-state index in [9.17, 15) is 0 Å². The normalized spacial score (nSPS) is 11.0. The van der Waals surface area contributed by atoms with Crippen LogP contribution in [0.4, 0.5) is 0 Å². The molecule has 0 bridgehead atoms. The molecule has 0 fully saturated rings. The van der Waals surface area contributed by atoms with Crippen molar-refractivity contribution >= 4 is 11.0 Å². The number of nitrogens with zero attached hydrogens (tertiary/aromatic N) is 4. The largest absolute Gasteiger partial charge is 0.273 e. The van der Waals surface area contributed by atoms with E-state index in [1.165, 1.54) is 0 Å². The van der Waals surface area contributed by atoms with E-state index in [0.29, 0.717) is 0 Å². The standard InChI is InChI=1S/C24H18N4/c1-28-16-20-21(17-8-4-2-5-9-17)22(18-12-14-25-15-13-18)23(26-24(20)27-28)19-10-6-3-7-11-19/h2-16H,1H3. The molecule has 4 nitrogen and oxygen atoms in total. The van der Waals surface area contributed by atoms with Crippen molar-refractivity contribution in [2.45, 2.75) is 0 Å². The fourth-order valence-corrected chi connectivity index (χ4v) is 3.66. The summed E-state index contributed by atoms with van der Waals surface area (Å²) in [5.74, 6) is 0. The molecule has 0 aliphatic heterocycles. The molecule has 0 saturated carbocycles. The number of rotatable bonds is 3. The second-order valence-corrected chi connectivity index (χ2v) is 6.72. The Labute approximate surface area is 163 Å². The predicted molar refractivity (Wildman–Crippen MR) is 113 cm³/mol. The van der Waals surface area contributed by atoms with Crippen molar-refractivity contribution in [2.24, 2.45) is 7.05 Å². The Morgan fingerprint density at radius 2 is 1.29 bits per heavy atom. The number of fused-ring (bicyclic) bond motifs is 1. The molecule has 0 spiro atoms. The molecule has 0 atom stereocenters. The minimum atomic E-state index is 0.748. The van der Waals surface area contributed by atoms with Gasteiger partial charge >= 0.3 is 0 Å². The number of hydrogen-bond donors (Lipinski definition) is 0. The van der Waals surface area contributed by atoms with Crippen LogP contribution in [0.5, 0.6) is 0 Å². The van der Waals surface area contributed by atoms with Crippen molar-refractivity contribution in [3.63, 3.8) is 0 Å². The van der Waals surface area contributed by atoms with Crippen molar-refractivity contribution in [3.05, 3.63) is 91.4 Å². The summed E-state index contributed by atoms with van der Waals surface area (Å²) in [5.41, 5.74) is 7.22. The van der Waals surface area contributed by atoms with Crippen LogP contribution in [0.15, 0.2) is 91.4 Å². The van der Waals surface area contributed by atoms with Crippen LogP contribution in [-0.2, 0) is 7.05 Å². The van der Waals surface area contributed by atoms with Crippen LogP contribution in [0.2, 0.25) is 0 Å². The summed E-state index contributed by atoms with van der Waals surface area (Å²) >= 11 is 0. The van der Waals surface area contributed by atoms with E-state index >= 15 is 0 Å². The number of pyridine rings is 2. The zero-order valence-corrected chi connectivity index (χ0v) is 15.4. The van der Waals surface area contributed by atoms with Gasteiger partial charge in [-0.1, -0.05) is 60.7 Å². The van der Waals surface area contributed by atoms with E-state index in [1.807, 2.05) is 66.7 Å². The summed E-state index contributed by atoms with van der Waals surface area (Å²) in [6, 6.07) is 24.8. The van der Waals surface area contributed by atoms with E-state index in [-0.39, 0.29) is 0 Å². The molecule has 4 heteroatoms. The number of benzene rings is 2. The topological polar surface area (TPSA) is 43.6 Å². The number of hydrogen-bond acceptors (Lipinski definition) is 3. The summed E-state index contributed by atoms with van der Waals surface area (Å²) in [5, 5.41) is 5.66. The minimum absolute atomic E-state index is 0.748. The van der Waals surface area contributed by atoms with E-state index in [2.05, 4.69) is 46.5 Å². The molecular formula is C24H18N4. The van der Waals surface area contributed by atoms with Gasteiger partial charge in [0.2, 0.25) is 0 Å². The van der Waals surface area contributed by atoms with Gasteiger partial charge in [-0.15, -0.1) is 0 Å². The quantitative estimate of drug-likeness (QED) is 0.434. The first-order chi connectivity index (χ1) is 13.8. The zero-order valence-electron chi connectivity index (χ0n) is 15.4. The Bertz CT molecular complexity index is 1240. The van der Waals surface area contributed by atoms with Gasteiger partial charge in [-0.3, -0.25) is 9.67 Å². The molecule has 134 valence electrons. The van der Waals surface area contributed by atoms with E-state index < -0.39 is 0 Å². The summed E-state index contributed by atoms with van der Waals surface area (Å²) in [7, 11) is 1.94. The highest BCUT2D eigenvalue weighted by Gasteiger charge is 2.20. The van der Waals surface area contributed by atoms with Crippen molar-refractivity contribution in [3.8, 4) is 33.5 Å². The Morgan fingerprint density at radius 3 is 1.96 bits per heavy atom. The fraction of sp³-hybridized carbons (Fsp3) is 0.0417. The van der Waals surface area contributed by atoms with Gasteiger partial charge in [0.05, 0.1) is 5.69 Å². The predicted octanol–water partition coefficient (Wildman–Crippen LogP) is 5.36. The Balaban J connectivity index is 1.97. The summed E-state index contributed by atoms with van der Waals surface area (Å²) in [6.45, 7) is 0. The van der Waals surface area contributed by atoms with Crippen molar-refractivity contribution < 1.29 is 0 Å². The van der Waals surface area contributed by atoms with Gasteiger partial charge in [-0.2, -0.15) is 5.10 Å². The van der Waals surface area contributed by atoms with Gasteiger partial charge in [0.1, 0.15) is 0 Å². The van der Waals surface area contributed by atoms with Crippen LogP contribution in [-0.4, -0.2) is 19.7 Å². The highest BCUT2D eigenvalue weighted by Crippen LogP contribution is 2.42. The molecule has 3 heterocycles. The van der Waals surface area contributed by atoms with E-state index in [1.54, 1.807) is 0 Å². The smallest absolute Gasteiger partial charge is 0.182 e. The van der Waals surface area contributed by atoms with Crippen LogP contribution in [0.25, 0.3) is 44.5 Å². The third-order valence-corrected chi connectivity index (χ3v) is 4.86. The highest BCUT2D eigenvalue weighted by molar-refractivity contribution is 6.05. The summed E-state index contributed by atoms with van der Waals surface area (Å²) < 4.78 is 1.83. The zero-order chi connectivity index (χ0) is 18.9. The Morgan fingerprint density at radius 1 is 0.679 bits per heavy atom. The van der Waals surface area contributed by atoms with Crippen molar-refractivity contribution in [1.29, 1.82) is 0 Å². The molecule has 0 amide bonds. The van der Waals surface area contributed by atoms with Crippen LogP contribution in [0.3, 0.4) is 0 Å². The van der Waals surface area contributed by atoms with Crippen molar-refractivity contribution in [2.75, 3.05) is 0 Å². The highest BCUT2D eigenvalue weighted by atomic mass is 15.3. The van der Waals surface area contributed by atoms with Gasteiger partial charge in [0.15, 0.2) is 5.65 Å². The number of aryl methyl sites for hydroxylation is 1. The maximum Gasteiger partial charge on any atom is 0.182 e. The van der Waals surface area contributed by atoms with Gasteiger partial charge in [0.25, 0.3) is 0 Å². The number of aromatic nitrogens is 4. The average molecular weight is 362 g/mol. The Kier molecular flexibility index (Phi) is 3.95. The molecule has 28 heavy (non-hydrogen) atoms. The van der Waals surface area contributed by atoms with Gasteiger partial charge in [0, 0.05) is 47.7 Å². The molecular weight excluding hydrogens is 344 g/mol. The molecule has 0 unspecified atom stereocenters. The first kappa shape index (κ1) is 16.4. The van der Waals surface area contributed by atoms with E-state index in [0.717, 1.165) is 44.5 Å². The van der Waals surface area contributed by atoms with Gasteiger partial charge in [-0.25, -0.2) is 4.98 Å². The SMILES string of the molecule is Cn1cc2c(-c3ccccc3)c(-c3ccncc3)c(-c3ccccc3)nc2n1. The van der Waals surface area contributed by atoms with Crippen LogP contribution in [0.1, 0.15) is 0 Å². The monoisotopic (exact) mass is 362 g/mol. The first-order valence-corrected chi connectivity index (χ1v) is 9.20.